The zero-order chi connectivity index (χ0) is 20.0. The molecule has 0 aliphatic heterocycles. The van der Waals surface area contributed by atoms with E-state index in [2.05, 4.69) is 5.32 Å². The number of quaternary nitrogens is 1. The SMILES string of the molecule is CN(CC(=O)Nc1ccc(Cl)c(Cl)c1)C(=O)C[NH+](C)Cc1cccc(F)c1. The van der Waals surface area contributed by atoms with E-state index in [1.165, 1.54) is 17.0 Å². The number of benzene rings is 2. The molecule has 5 nitrogen and oxygen atoms in total. The minimum atomic E-state index is -0.341. The summed E-state index contributed by atoms with van der Waals surface area (Å²) in [6.45, 7) is 0.603. The maximum Gasteiger partial charge on any atom is 0.277 e. The van der Waals surface area contributed by atoms with Crippen LogP contribution < -0.4 is 10.2 Å². The molecule has 2 aromatic carbocycles. The van der Waals surface area contributed by atoms with Crippen molar-refractivity contribution in [2.24, 2.45) is 0 Å². The Balaban J connectivity index is 1.83. The Kier molecular flexibility index (Phi) is 7.59. The van der Waals surface area contributed by atoms with Gasteiger partial charge in [-0.05, 0) is 30.3 Å². The van der Waals surface area contributed by atoms with E-state index >= 15 is 0 Å². The molecule has 8 heteroatoms. The topological polar surface area (TPSA) is 53.9 Å². The zero-order valence-electron chi connectivity index (χ0n) is 15.1. The third-order valence-electron chi connectivity index (χ3n) is 3.86. The second-order valence-electron chi connectivity index (χ2n) is 6.37. The molecule has 1 unspecified atom stereocenters. The third kappa shape index (κ3) is 6.82. The number of nitrogens with zero attached hydrogens (tertiary/aromatic N) is 1. The maximum absolute atomic E-state index is 13.2. The van der Waals surface area contributed by atoms with Crippen molar-refractivity contribution in [2.75, 3.05) is 32.5 Å². The first-order valence-corrected chi connectivity index (χ1v) is 9.05. The summed E-state index contributed by atoms with van der Waals surface area (Å²) in [5.41, 5.74) is 1.31. The van der Waals surface area contributed by atoms with Gasteiger partial charge >= 0.3 is 0 Å². The van der Waals surface area contributed by atoms with Crippen molar-refractivity contribution in [1.82, 2.24) is 4.90 Å². The van der Waals surface area contributed by atoms with E-state index in [-0.39, 0.29) is 30.7 Å². The van der Waals surface area contributed by atoms with Gasteiger partial charge in [-0.25, -0.2) is 4.39 Å². The normalized spacial score (nSPS) is 11.7. The molecule has 0 bridgehead atoms. The molecular weight excluding hydrogens is 392 g/mol. The lowest BCUT2D eigenvalue weighted by atomic mass is 10.2. The van der Waals surface area contributed by atoms with Crippen molar-refractivity contribution in [1.29, 1.82) is 0 Å². The van der Waals surface area contributed by atoms with Gasteiger partial charge in [-0.15, -0.1) is 0 Å². The van der Waals surface area contributed by atoms with E-state index in [9.17, 15) is 14.0 Å². The summed E-state index contributed by atoms with van der Waals surface area (Å²) in [6, 6.07) is 11.0. The van der Waals surface area contributed by atoms with E-state index < -0.39 is 0 Å². The lowest BCUT2D eigenvalue weighted by Gasteiger charge is -2.20. The van der Waals surface area contributed by atoms with Crippen molar-refractivity contribution in [3.63, 3.8) is 0 Å². The Morgan fingerprint density at radius 1 is 1.15 bits per heavy atom. The van der Waals surface area contributed by atoms with E-state index in [1.807, 2.05) is 13.1 Å². The smallest absolute Gasteiger partial charge is 0.277 e. The van der Waals surface area contributed by atoms with Gasteiger partial charge in [-0.1, -0.05) is 35.3 Å². The van der Waals surface area contributed by atoms with Crippen molar-refractivity contribution in [3.05, 3.63) is 63.9 Å². The van der Waals surface area contributed by atoms with Crippen LogP contribution in [0.4, 0.5) is 10.1 Å². The average molecular weight is 413 g/mol. The molecule has 2 aromatic rings. The number of halogens is 3. The monoisotopic (exact) mass is 412 g/mol. The quantitative estimate of drug-likeness (QED) is 0.732. The summed E-state index contributed by atoms with van der Waals surface area (Å²) in [7, 11) is 3.40. The number of hydrogen-bond donors (Lipinski definition) is 2. The molecular formula is C19H21Cl2FN3O2+. The Labute approximate surface area is 167 Å². The summed E-state index contributed by atoms with van der Waals surface area (Å²) in [4.78, 5) is 26.7. The minimum Gasteiger partial charge on any atom is -0.332 e. The molecule has 2 amide bonds. The highest BCUT2D eigenvalue weighted by molar-refractivity contribution is 6.42. The van der Waals surface area contributed by atoms with Gasteiger partial charge in [0.1, 0.15) is 12.4 Å². The number of anilines is 1. The van der Waals surface area contributed by atoms with Gasteiger partial charge in [0.2, 0.25) is 5.91 Å². The molecule has 1 atom stereocenters. The van der Waals surface area contributed by atoms with Crippen LogP contribution in [0, 0.1) is 5.82 Å². The minimum absolute atomic E-state index is 0.0909. The third-order valence-corrected chi connectivity index (χ3v) is 4.60. The summed E-state index contributed by atoms with van der Waals surface area (Å²) in [6.07, 6.45) is 0. The molecule has 2 rings (SSSR count). The molecule has 0 heterocycles. The summed E-state index contributed by atoms with van der Waals surface area (Å²) in [5, 5.41) is 3.40. The van der Waals surface area contributed by atoms with E-state index in [0.717, 1.165) is 10.5 Å². The number of carbonyl (C=O) groups is 2. The summed E-state index contributed by atoms with van der Waals surface area (Å²) < 4.78 is 13.2. The fraction of sp³-hybridized carbons (Fsp3) is 0.263. The number of nitrogens with one attached hydrogen (secondary N) is 2. The predicted molar refractivity (Wildman–Crippen MR) is 105 cm³/mol. The second kappa shape index (κ2) is 9.69. The first-order chi connectivity index (χ1) is 12.7. The van der Waals surface area contributed by atoms with Gasteiger partial charge in [-0.2, -0.15) is 0 Å². The summed E-state index contributed by atoms with van der Waals surface area (Å²) in [5.74, 6) is -0.831. The Bertz CT molecular complexity index is 832. The van der Waals surface area contributed by atoms with Gasteiger partial charge in [0.15, 0.2) is 6.54 Å². The zero-order valence-corrected chi connectivity index (χ0v) is 16.6. The first kappa shape index (κ1) is 21.2. The van der Waals surface area contributed by atoms with Crippen LogP contribution in [0.1, 0.15) is 5.56 Å². The number of carbonyl (C=O) groups excluding carboxylic acids is 2. The molecule has 27 heavy (non-hydrogen) atoms. The van der Waals surface area contributed by atoms with Crippen molar-refractivity contribution in [3.8, 4) is 0 Å². The number of amides is 2. The predicted octanol–water partition coefficient (Wildman–Crippen LogP) is 2.24. The van der Waals surface area contributed by atoms with Crippen LogP contribution >= 0.6 is 23.2 Å². The van der Waals surface area contributed by atoms with E-state index in [0.29, 0.717) is 22.3 Å². The molecule has 144 valence electrons. The highest BCUT2D eigenvalue weighted by atomic mass is 35.5. The molecule has 0 saturated carbocycles. The Morgan fingerprint density at radius 3 is 2.56 bits per heavy atom. The molecule has 0 radical (unpaired) electrons. The van der Waals surface area contributed by atoms with Crippen molar-refractivity contribution >= 4 is 40.7 Å². The summed E-state index contributed by atoms with van der Waals surface area (Å²) >= 11 is 11.8. The van der Waals surface area contributed by atoms with Crippen LogP contribution in [0.5, 0.6) is 0 Å². The molecule has 0 saturated heterocycles. The molecule has 2 N–H and O–H groups in total. The number of likely N-dealkylation sites (N-methyl/N-ethyl adjacent to an activating group) is 2. The van der Waals surface area contributed by atoms with Gasteiger partial charge in [-0.3, -0.25) is 9.59 Å². The molecule has 0 aliphatic carbocycles. The largest absolute Gasteiger partial charge is 0.332 e. The Morgan fingerprint density at radius 2 is 1.89 bits per heavy atom. The van der Waals surface area contributed by atoms with Crippen LogP contribution in [-0.2, 0) is 16.1 Å². The highest BCUT2D eigenvalue weighted by Gasteiger charge is 2.18. The molecule has 0 aliphatic rings. The second-order valence-corrected chi connectivity index (χ2v) is 7.18. The highest BCUT2D eigenvalue weighted by Crippen LogP contribution is 2.24. The van der Waals surface area contributed by atoms with Crippen LogP contribution in [0.15, 0.2) is 42.5 Å². The van der Waals surface area contributed by atoms with Crippen molar-refractivity contribution in [2.45, 2.75) is 6.54 Å². The molecule has 0 spiro atoms. The van der Waals surface area contributed by atoms with Gasteiger partial charge in [0.25, 0.3) is 5.91 Å². The Hall–Kier alpha value is -2.15. The van der Waals surface area contributed by atoms with Crippen LogP contribution in [0.2, 0.25) is 10.0 Å². The van der Waals surface area contributed by atoms with Crippen LogP contribution in [-0.4, -0.2) is 43.9 Å². The maximum atomic E-state index is 13.2. The lowest BCUT2D eigenvalue weighted by molar-refractivity contribution is -0.885. The van der Waals surface area contributed by atoms with Crippen LogP contribution in [0.3, 0.4) is 0 Å². The van der Waals surface area contributed by atoms with Gasteiger partial charge in [0.05, 0.1) is 23.6 Å². The average Bonchev–Trinajstić information content (AvgIpc) is 2.57. The van der Waals surface area contributed by atoms with E-state index in [4.69, 9.17) is 23.2 Å². The number of rotatable bonds is 7. The standard InChI is InChI=1S/C19H20Cl2FN3O2/c1-24(10-13-4-3-5-14(22)8-13)12-19(27)25(2)11-18(26)23-15-6-7-16(20)17(21)9-15/h3-9H,10-12H2,1-2H3,(H,23,26)/p+1. The number of hydrogen-bond acceptors (Lipinski definition) is 2. The van der Waals surface area contributed by atoms with Crippen LogP contribution in [0.25, 0.3) is 0 Å². The molecule has 0 aromatic heterocycles. The van der Waals surface area contributed by atoms with Crippen molar-refractivity contribution < 1.29 is 18.9 Å². The lowest BCUT2D eigenvalue weighted by Crippen LogP contribution is -3.08. The van der Waals surface area contributed by atoms with E-state index in [1.54, 1.807) is 31.3 Å². The van der Waals surface area contributed by atoms with Gasteiger partial charge in [0, 0.05) is 18.3 Å². The fourth-order valence-electron chi connectivity index (χ4n) is 2.53. The van der Waals surface area contributed by atoms with Gasteiger partial charge < -0.3 is 15.1 Å². The fourth-order valence-corrected chi connectivity index (χ4v) is 2.83. The first-order valence-electron chi connectivity index (χ1n) is 8.29. The molecule has 0 fully saturated rings.